The first-order chi connectivity index (χ1) is 5.72. The van der Waals surface area contributed by atoms with Crippen molar-refractivity contribution < 1.29 is 4.79 Å². The lowest BCUT2D eigenvalue weighted by atomic mass is 10.1. The van der Waals surface area contributed by atoms with E-state index in [-0.39, 0.29) is 0 Å². The number of hydrogen-bond donors (Lipinski definition) is 0. The molecule has 0 unspecified atom stereocenters. The molecule has 0 N–H and O–H groups in total. The standard InChI is InChI=1S/C9H14ClNO/c1-8(6-10)7-11-4-2-9(12)3-5-11/h6H,2-5,7H2,1H3/b8-6+. The summed E-state index contributed by atoms with van der Waals surface area (Å²) >= 11 is 5.54. The van der Waals surface area contributed by atoms with Gasteiger partial charge in [-0.25, -0.2) is 0 Å². The van der Waals surface area contributed by atoms with E-state index in [0.29, 0.717) is 18.6 Å². The summed E-state index contributed by atoms with van der Waals surface area (Å²) in [4.78, 5) is 13.2. The van der Waals surface area contributed by atoms with Crippen molar-refractivity contribution >= 4 is 17.4 Å². The van der Waals surface area contributed by atoms with Crippen LogP contribution in [0.1, 0.15) is 19.8 Å². The molecule has 1 saturated heterocycles. The van der Waals surface area contributed by atoms with Gasteiger partial charge in [0.05, 0.1) is 0 Å². The molecule has 3 heteroatoms. The van der Waals surface area contributed by atoms with Crippen molar-refractivity contribution in [3.8, 4) is 0 Å². The van der Waals surface area contributed by atoms with E-state index in [1.165, 1.54) is 0 Å². The number of nitrogens with zero attached hydrogens (tertiary/aromatic N) is 1. The molecule has 0 aromatic rings. The van der Waals surface area contributed by atoms with Gasteiger partial charge in [-0.05, 0) is 12.5 Å². The van der Waals surface area contributed by atoms with Gasteiger partial charge in [0.25, 0.3) is 0 Å². The summed E-state index contributed by atoms with van der Waals surface area (Å²) in [6.45, 7) is 4.68. The highest BCUT2D eigenvalue weighted by Crippen LogP contribution is 2.08. The zero-order chi connectivity index (χ0) is 8.97. The van der Waals surface area contributed by atoms with Crippen LogP contribution in [0.15, 0.2) is 11.1 Å². The summed E-state index contributed by atoms with van der Waals surface area (Å²) in [6.07, 6.45) is 1.41. The lowest BCUT2D eigenvalue weighted by molar-refractivity contribution is -0.121. The quantitative estimate of drug-likeness (QED) is 0.657. The third-order valence-electron chi connectivity index (χ3n) is 2.07. The lowest BCUT2D eigenvalue weighted by Crippen LogP contribution is -2.34. The molecule has 0 bridgehead atoms. The highest BCUT2D eigenvalue weighted by atomic mass is 35.5. The largest absolute Gasteiger partial charge is 0.300 e. The normalized spacial score (nSPS) is 21.5. The van der Waals surface area contributed by atoms with Crippen molar-refractivity contribution in [3.63, 3.8) is 0 Å². The van der Waals surface area contributed by atoms with Crippen LogP contribution in [0.25, 0.3) is 0 Å². The van der Waals surface area contributed by atoms with Crippen molar-refractivity contribution in [1.29, 1.82) is 0 Å². The number of piperidine rings is 1. The Morgan fingerprint density at radius 1 is 1.58 bits per heavy atom. The molecule has 0 atom stereocenters. The SMILES string of the molecule is C/C(=C\Cl)CN1CCC(=O)CC1. The number of ketones is 1. The Kier molecular flexibility index (Phi) is 3.76. The predicted molar refractivity (Wildman–Crippen MR) is 50.3 cm³/mol. The summed E-state index contributed by atoms with van der Waals surface area (Å²) in [7, 11) is 0. The first kappa shape index (κ1) is 9.75. The fourth-order valence-corrected chi connectivity index (χ4v) is 1.42. The van der Waals surface area contributed by atoms with Crippen molar-refractivity contribution in [2.45, 2.75) is 19.8 Å². The van der Waals surface area contributed by atoms with Gasteiger partial charge in [-0.3, -0.25) is 9.69 Å². The van der Waals surface area contributed by atoms with Gasteiger partial charge in [-0.1, -0.05) is 11.6 Å². The second-order valence-corrected chi connectivity index (χ2v) is 3.49. The van der Waals surface area contributed by atoms with Gasteiger partial charge in [0.1, 0.15) is 5.78 Å². The molecule has 0 aromatic heterocycles. The highest BCUT2D eigenvalue weighted by molar-refractivity contribution is 6.25. The van der Waals surface area contributed by atoms with Crippen LogP contribution in [-0.2, 0) is 4.79 Å². The fraction of sp³-hybridized carbons (Fsp3) is 0.667. The summed E-state index contributed by atoms with van der Waals surface area (Å²) in [5.41, 5.74) is 2.77. The number of Topliss-reactive ketones (excluding diaryl/α,β-unsaturated/α-hetero) is 1. The van der Waals surface area contributed by atoms with Crippen LogP contribution in [0.4, 0.5) is 0 Å². The Morgan fingerprint density at radius 2 is 2.17 bits per heavy atom. The number of rotatable bonds is 2. The third-order valence-corrected chi connectivity index (χ3v) is 2.45. The molecule has 1 heterocycles. The molecule has 0 amide bonds. The maximum Gasteiger partial charge on any atom is 0.135 e. The lowest BCUT2D eigenvalue weighted by Gasteiger charge is -2.25. The van der Waals surface area contributed by atoms with Crippen LogP contribution in [-0.4, -0.2) is 30.3 Å². The van der Waals surface area contributed by atoms with Crippen LogP contribution in [0.5, 0.6) is 0 Å². The minimum Gasteiger partial charge on any atom is -0.300 e. The van der Waals surface area contributed by atoms with E-state index in [9.17, 15) is 4.79 Å². The smallest absolute Gasteiger partial charge is 0.135 e. The van der Waals surface area contributed by atoms with Crippen LogP contribution >= 0.6 is 11.6 Å². The summed E-state index contributed by atoms with van der Waals surface area (Å²) in [6, 6.07) is 0. The monoisotopic (exact) mass is 187 g/mol. The molecule has 68 valence electrons. The molecule has 0 radical (unpaired) electrons. The molecule has 1 fully saturated rings. The van der Waals surface area contributed by atoms with Crippen LogP contribution in [0, 0.1) is 0 Å². The maximum absolute atomic E-state index is 10.9. The Hall–Kier alpha value is -0.340. The van der Waals surface area contributed by atoms with E-state index in [1.807, 2.05) is 6.92 Å². The molecule has 0 saturated carbocycles. The molecule has 2 nitrogen and oxygen atoms in total. The topological polar surface area (TPSA) is 20.3 Å². The van der Waals surface area contributed by atoms with E-state index < -0.39 is 0 Å². The molecule has 0 aliphatic carbocycles. The minimum atomic E-state index is 0.388. The molecule has 12 heavy (non-hydrogen) atoms. The summed E-state index contributed by atoms with van der Waals surface area (Å²) in [5.74, 6) is 0.388. The van der Waals surface area contributed by atoms with Crippen molar-refractivity contribution in [2.75, 3.05) is 19.6 Å². The fourth-order valence-electron chi connectivity index (χ4n) is 1.35. The minimum absolute atomic E-state index is 0.388. The highest BCUT2D eigenvalue weighted by Gasteiger charge is 2.15. The molecular formula is C9H14ClNO. The average Bonchev–Trinajstić information content (AvgIpc) is 2.09. The molecule has 1 aliphatic heterocycles. The third kappa shape index (κ3) is 2.95. The van der Waals surface area contributed by atoms with Crippen LogP contribution in [0.3, 0.4) is 0 Å². The number of halogens is 1. The average molecular weight is 188 g/mol. The second kappa shape index (κ2) is 4.63. The van der Waals surface area contributed by atoms with Gasteiger partial charge in [0, 0.05) is 38.0 Å². The zero-order valence-electron chi connectivity index (χ0n) is 7.35. The Morgan fingerprint density at radius 3 is 2.67 bits per heavy atom. The molecular weight excluding hydrogens is 174 g/mol. The summed E-state index contributed by atoms with van der Waals surface area (Å²) in [5, 5.41) is 0. The molecule has 1 aliphatic rings. The van der Waals surface area contributed by atoms with Crippen molar-refractivity contribution in [3.05, 3.63) is 11.1 Å². The van der Waals surface area contributed by atoms with Gasteiger partial charge in [0.15, 0.2) is 0 Å². The zero-order valence-corrected chi connectivity index (χ0v) is 8.10. The van der Waals surface area contributed by atoms with Crippen LogP contribution in [0.2, 0.25) is 0 Å². The maximum atomic E-state index is 10.9. The Labute approximate surface area is 78.2 Å². The molecule has 1 rings (SSSR count). The van der Waals surface area contributed by atoms with Gasteiger partial charge in [0.2, 0.25) is 0 Å². The van der Waals surface area contributed by atoms with Crippen molar-refractivity contribution in [2.24, 2.45) is 0 Å². The first-order valence-corrected chi connectivity index (χ1v) is 4.66. The molecule has 0 aromatic carbocycles. The number of hydrogen-bond acceptors (Lipinski definition) is 2. The van der Waals surface area contributed by atoms with Gasteiger partial charge in [-0.2, -0.15) is 0 Å². The Bertz CT molecular complexity index is 191. The van der Waals surface area contributed by atoms with Gasteiger partial charge >= 0.3 is 0 Å². The van der Waals surface area contributed by atoms with E-state index >= 15 is 0 Å². The van der Waals surface area contributed by atoms with E-state index in [4.69, 9.17) is 11.6 Å². The van der Waals surface area contributed by atoms with Gasteiger partial charge < -0.3 is 0 Å². The van der Waals surface area contributed by atoms with E-state index in [1.54, 1.807) is 5.54 Å². The molecule has 0 spiro atoms. The number of carbonyl (C=O) groups excluding carboxylic acids is 1. The first-order valence-electron chi connectivity index (χ1n) is 4.22. The van der Waals surface area contributed by atoms with Crippen LogP contribution < -0.4 is 0 Å². The van der Waals surface area contributed by atoms with Gasteiger partial charge in [-0.15, -0.1) is 0 Å². The van der Waals surface area contributed by atoms with E-state index in [2.05, 4.69) is 4.90 Å². The van der Waals surface area contributed by atoms with Crippen molar-refractivity contribution in [1.82, 2.24) is 4.90 Å². The van der Waals surface area contributed by atoms with E-state index in [0.717, 1.165) is 25.2 Å². The summed E-state index contributed by atoms with van der Waals surface area (Å²) < 4.78 is 0. The second-order valence-electron chi connectivity index (χ2n) is 3.27. The predicted octanol–water partition coefficient (Wildman–Crippen LogP) is 1.79. The number of likely N-dealkylation sites (tertiary alicyclic amines) is 1. The Balaban J connectivity index is 2.31. The number of carbonyl (C=O) groups is 1.